The molecule has 0 saturated heterocycles. The number of hydrogen-bond donors (Lipinski definition) is 1. The summed E-state index contributed by atoms with van der Waals surface area (Å²) in [4.78, 5) is 37.3. The Morgan fingerprint density at radius 1 is 0.971 bits per heavy atom. The second kappa shape index (κ2) is 9.39. The quantitative estimate of drug-likeness (QED) is 0.161. The predicted molar refractivity (Wildman–Crippen MR) is 120 cm³/mol. The van der Waals surface area contributed by atoms with Gasteiger partial charge in [-0.15, -0.1) is 0 Å². The van der Waals surface area contributed by atoms with Crippen molar-refractivity contribution in [3.05, 3.63) is 54.2 Å². The van der Waals surface area contributed by atoms with Crippen LogP contribution < -0.4 is 9.47 Å². The van der Waals surface area contributed by atoms with Gasteiger partial charge in [0.25, 0.3) is 6.10 Å². The van der Waals surface area contributed by atoms with Crippen molar-refractivity contribution in [3.63, 3.8) is 0 Å². The Kier molecular flexibility index (Phi) is 7.37. The van der Waals surface area contributed by atoms with Gasteiger partial charge < -0.3 is 14.2 Å². The summed E-state index contributed by atoms with van der Waals surface area (Å²) in [5.74, 6) is -5.04. The first-order chi connectivity index (χ1) is 15.9. The van der Waals surface area contributed by atoms with Crippen LogP contribution in [0.3, 0.4) is 0 Å². The van der Waals surface area contributed by atoms with E-state index in [1.54, 1.807) is 28.7 Å². The van der Waals surface area contributed by atoms with E-state index in [1.807, 2.05) is 22.6 Å². The van der Waals surface area contributed by atoms with Crippen molar-refractivity contribution >= 4 is 73.2 Å². The Bertz CT molecular complexity index is 1360. The Hall–Kier alpha value is -2.13. The molecule has 0 spiro atoms. The van der Waals surface area contributed by atoms with E-state index in [0.29, 0.717) is 19.3 Å². The first-order valence-corrected chi connectivity index (χ1v) is 12.2. The summed E-state index contributed by atoms with van der Waals surface area (Å²) < 4.78 is 111. The van der Waals surface area contributed by atoms with E-state index in [1.165, 1.54) is 6.07 Å². The molecule has 0 fully saturated rings. The third-order valence-electron chi connectivity index (χ3n) is 4.23. The van der Waals surface area contributed by atoms with Gasteiger partial charge in [-0.2, -0.15) is 30.4 Å². The van der Waals surface area contributed by atoms with Crippen molar-refractivity contribution in [1.82, 2.24) is 0 Å². The van der Waals surface area contributed by atoms with Crippen molar-refractivity contribution < 1.29 is 63.5 Å². The molecule has 2 aromatic rings. The average molecular weight is 748 g/mol. The lowest BCUT2D eigenvalue weighted by molar-refractivity contribution is -0.248. The van der Waals surface area contributed by atoms with Crippen LogP contribution in [-0.2, 0) is 14.9 Å². The highest BCUT2D eigenvalue weighted by Gasteiger charge is 2.66. The molecule has 0 aliphatic carbocycles. The van der Waals surface area contributed by atoms with Crippen molar-refractivity contribution in [2.24, 2.45) is 0 Å². The van der Waals surface area contributed by atoms with Crippen molar-refractivity contribution in [2.75, 3.05) is 0 Å². The van der Waals surface area contributed by atoms with Gasteiger partial charge in [0.15, 0.2) is 0 Å². The van der Waals surface area contributed by atoms with Crippen LogP contribution in [0.2, 0.25) is 0 Å². The number of alkyl halides is 5. The van der Waals surface area contributed by atoms with E-state index in [-0.39, 0.29) is 11.3 Å². The first-order valence-electron chi connectivity index (χ1n) is 8.63. The van der Waals surface area contributed by atoms with Crippen molar-refractivity contribution in [1.29, 1.82) is 0 Å². The lowest BCUT2D eigenvalue weighted by Crippen LogP contribution is -2.52. The molecule has 3 rings (SSSR count). The van der Waals surface area contributed by atoms with Crippen molar-refractivity contribution in [2.45, 2.75) is 17.5 Å². The van der Waals surface area contributed by atoms with E-state index in [2.05, 4.69) is 4.74 Å². The second-order valence-corrected chi connectivity index (χ2v) is 10.5. The van der Waals surface area contributed by atoms with Crippen LogP contribution in [0.5, 0.6) is 11.5 Å². The minimum absolute atomic E-state index is 0.103. The summed E-state index contributed by atoms with van der Waals surface area (Å²) in [6.45, 7) is 0. The molecule has 35 heavy (non-hydrogen) atoms. The Labute approximate surface area is 218 Å². The highest BCUT2D eigenvalue weighted by molar-refractivity contribution is 14.1. The SMILES string of the molecule is O=C(OC(C(F)(F)F)C(F)(F)S(=O)(=O)O)c1ccc2c(c1)C(=O)Oc1cc(I)cc(I)c1C(=O)O2. The molecule has 1 atom stereocenters. The second-order valence-electron chi connectivity index (χ2n) is 6.61. The number of benzene rings is 2. The molecule has 0 radical (unpaired) electrons. The summed E-state index contributed by atoms with van der Waals surface area (Å²) in [5, 5.41) is -5.95. The minimum atomic E-state index is -6.65. The highest BCUT2D eigenvalue weighted by Crippen LogP contribution is 2.39. The number of fused-ring (bicyclic) bond motifs is 2. The van der Waals surface area contributed by atoms with Gasteiger partial charge in [0, 0.05) is 7.14 Å². The summed E-state index contributed by atoms with van der Waals surface area (Å²) in [6, 6.07) is 4.89. The third-order valence-corrected chi connectivity index (χ3v) is 6.61. The van der Waals surface area contributed by atoms with E-state index < -0.39 is 62.4 Å². The zero-order valence-corrected chi connectivity index (χ0v) is 21.4. The zero-order valence-electron chi connectivity index (χ0n) is 16.2. The largest absolute Gasteiger partial charge is 0.441 e. The molecule has 2 aromatic carbocycles. The van der Waals surface area contributed by atoms with Crippen molar-refractivity contribution in [3.8, 4) is 11.5 Å². The molecule has 0 bridgehead atoms. The van der Waals surface area contributed by atoms with Gasteiger partial charge in [0.1, 0.15) is 22.6 Å². The van der Waals surface area contributed by atoms with Crippen LogP contribution in [0.1, 0.15) is 31.1 Å². The smallest absolute Gasteiger partial charge is 0.432 e. The van der Waals surface area contributed by atoms with Gasteiger partial charge in [-0.25, -0.2) is 14.4 Å². The fourth-order valence-electron chi connectivity index (χ4n) is 2.68. The Morgan fingerprint density at radius 2 is 1.57 bits per heavy atom. The number of halogens is 7. The Morgan fingerprint density at radius 3 is 2.14 bits per heavy atom. The Balaban J connectivity index is 2.00. The monoisotopic (exact) mass is 748 g/mol. The van der Waals surface area contributed by atoms with Crippen LogP contribution in [-0.4, -0.2) is 48.4 Å². The van der Waals surface area contributed by atoms with Gasteiger partial charge in [-0.3, -0.25) is 4.55 Å². The fourth-order valence-corrected chi connectivity index (χ4v) is 5.14. The first kappa shape index (κ1) is 27.5. The van der Waals surface area contributed by atoms with Crippen LogP contribution in [0.15, 0.2) is 30.3 Å². The average Bonchev–Trinajstić information content (AvgIpc) is 2.68. The normalized spacial score (nSPS) is 15.1. The predicted octanol–water partition coefficient (Wildman–Crippen LogP) is 4.22. The topological polar surface area (TPSA) is 133 Å². The fraction of sp³-hybridized carbons (Fsp3) is 0.167. The maximum atomic E-state index is 13.7. The standard InChI is InChI=1S/C18H7F5I2O9S/c19-17(20,21)16(18(22,23)35(29,30)31)34-13(26)6-1-2-10-8(3-6)14(27)33-11-5-7(24)4-9(25)12(11)15(28)32-10/h1-5,16H,(H,29,30,31). The summed E-state index contributed by atoms with van der Waals surface area (Å²) in [5.41, 5.74) is -1.69. The number of carbonyl (C=O) groups is 3. The summed E-state index contributed by atoms with van der Waals surface area (Å²) >= 11 is 3.66. The maximum absolute atomic E-state index is 13.7. The number of esters is 3. The molecular weight excluding hydrogens is 741 g/mol. The molecular formula is C18H7F5I2O9S. The van der Waals surface area contributed by atoms with Crippen LogP contribution in [0.25, 0.3) is 0 Å². The minimum Gasteiger partial charge on any atom is -0.441 e. The van der Waals surface area contributed by atoms with Gasteiger partial charge >= 0.3 is 39.5 Å². The van der Waals surface area contributed by atoms with Gasteiger partial charge in [-0.1, -0.05) is 0 Å². The molecule has 0 amide bonds. The molecule has 0 saturated carbocycles. The van der Waals surface area contributed by atoms with E-state index >= 15 is 0 Å². The highest BCUT2D eigenvalue weighted by atomic mass is 127. The molecule has 1 aliphatic rings. The number of ether oxygens (including phenoxy) is 3. The molecule has 0 aromatic heterocycles. The van der Waals surface area contributed by atoms with Gasteiger partial charge in [-0.05, 0) is 75.5 Å². The van der Waals surface area contributed by atoms with E-state index in [0.717, 1.165) is 6.07 Å². The zero-order chi connectivity index (χ0) is 26.5. The molecule has 1 unspecified atom stereocenters. The number of rotatable bonds is 4. The van der Waals surface area contributed by atoms with E-state index in [9.17, 15) is 44.8 Å². The molecule has 1 aliphatic heterocycles. The maximum Gasteiger partial charge on any atom is 0.432 e. The lowest BCUT2D eigenvalue weighted by Gasteiger charge is -2.26. The third kappa shape index (κ3) is 5.50. The number of hydrogen-bond acceptors (Lipinski definition) is 8. The molecule has 17 heteroatoms. The summed E-state index contributed by atoms with van der Waals surface area (Å²) in [6.07, 6.45) is -10.7. The van der Waals surface area contributed by atoms with Crippen LogP contribution in [0, 0.1) is 7.14 Å². The lowest BCUT2D eigenvalue weighted by atomic mass is 10.1. The molecule has 1 heterocycles. The molecule has 9 nitrogen and oxygen atoms in total. The van der Waals surface area contributed by atoms with Crippen LogP contribution >= 0.6 is 45.2 Å². The van der Waals surface area contributed by atoms with Crippen LogP contribution in [0.4, 0.5) is 22.0 Å². The van der Waals surface area contributed by atoms with Gasteiger partial charge in [0.05, 0.1) is 5.56 Å². The molecule has 188 valence electrons. The molecule has 1 N–H and O–H groups in total. The van der Waals surface area contributed by atoms with Gasteiger partial charge in [0.2, 0.25) is 0 Å². The summed E-state index contributed by atoms with van der Waals surface area (Å²) in [7, 11) is -6.65. The van der Waals surface area contributed by atoms with E-state index in [4.69, 9.17) is 14.0 Å². The number of carbonyl (C=O) groups excluding carboxylic acids is 3.